The maximum Gasteiger partial charge on any atom is 0.264 e. The van der Waals surface area contributed by atoms with Crippen LogP contribution < -0.4 is 5.32 Å². The fraction of sp³-hybridized carbons (Fsp3) is 0.154. The number of hydrogen-bond acceptors (Lipinski definition) is 4. The predicted molar refractivity (Wildman–Crippen MR) is 142 cm³/mol. The topological polar surface area (TPSA) is 77.6 Å². The van der Waals surface area contributed by atoms with Gasteiger partial charge >= 0.3 is 0 Å². The third-order valence-electron chi connectivity index (χ3n) is 5.77. The third-order valence-corrected chi connectivity index (χ3v) is 6.72. The van der Waals surface area contributed by atoms with Crippen molar-refractivity contribution in [3.8, 4) is 11.3 Å². The zero-order valence-electron chi connectivity index (χ0n) is 19.5. The summed E-state index contributed by atoms with van der Waals surface area (Å²) in [4.78, 5) is 17.5. The molecule has 0 radical (unpaired) electrons. The molecule has 0 aliphatic heterocycles. The lowest BCUT2D eigenvalue weighted by molar-refractivity contribution is -0.116. The molecule has 3 aromatic heterocycles. The molecule has 1 amide bonds. The number of amides is 1. The Bertz CT molecular complexity index is 1600. The van der Waals surface area contributed by atoms with Crippen molar-refractivity contribution < 1.29 is 13.6 Å². The van der Waals surface area contributed by atoms with Crippen molar-refractivity contribution in [3.63, 3.8) is 0 Å². The number of alkyl halides is 2. The van der Waals surface area contributed by atoms with Crippen LogP contribution in [0, 0.1) is 6.92 Å². The number of aryl methyl sites for hydroxylation is 1. The average molecular weight is 586 g/mol. The van der Waals surface area contributed by atoms with Gasteiger partial charge in [0.05, 0.1) is 27.8 Å². The Labute approximate surface area is 224 Å². The first kappa shape index (κ1) is 25.0. The van der Waals surface area contributed by atoms with Crippen molar-refractivity contribution in [2.24, 2.45) is 0 Å². The van der Waals surface area contributed by atoms with E-state index < -0.39 is 12.3 Å². The van der Waals surface area contributed by atoms with Crippen LogP contribution in [0.5, 0.6) is 0 Å². The highest BCUT2D eigenvalue weighted by atomic mass is 79.9. The van der Waals surface area contributed by atoms with E-state index in [0.29, 0.717) is 38.8 Å². The van der Waals surface area contributed by atoms with Crippen LogP contribution in [0.15, 0.2) is 71.3 Å². The van der Waals surface area contributed by atoms with Crippen LogP contribution in [0.4, 0.5) is 14.6 Å². The van der Waals surface area contributed by atoms with Crippen LogP contribution >= 0.6 is 27.5 Å². The fourth-order valence-corrected chi connectivity index (χ4v) is 4.71. The van der Waals surface area contributed by atoms with Gasteiger partial charge in [-0.2, -0.15) is 10.2 Å². The molecule has 1 N–H and O–H groups in total. The van der Waals surface area contributed by atoms with E-state index in [-0.39, 0.29) is 23.1 Å². The van der Waals surface area contributed by atoms with Gasteiger partial charge in [0.1, 0.15) is 6.54 Å². The molecule has 0 aliphatic rings. The molecule has 0 fully saturated rings. The van der Waals surface area contributed by atoms with Gasteiger partial charge in [-0.1, -0.05) is 60.1 Å². The number of carbonyl (C=O) groups excluding carboxylic acids is 1. The summed E-state index contributed by atoms with van der Waals surface area (Å²) >= 11 is 9.66. The Morgan fingerprint density at radius 3 is 2.57 bits per heavy atom. The van der Waals surface area contributed by atoms with Gasteiger partial charge < -0.3 is 5.32 Å². The van der Waals surface area contributed by atoms with E-state index in [1.165, 1.54) is 10.7 Å². The number of halogens is 4. The number of anilines is 1. The standard InChI is InChI=1S/C26H20BrClF2N6O/c1-15-23-18(24(29)30)11-21(16-7-3-2-4-8-16)31-26(23)36(33-15)14-22(37)32-25-19(27)13-35(34-25)12-17-9-5-6-10-20(17)28/h2-11,13,24H,12,14H2,1H3,(H,32,34,37). The first-order chi connectivity index (χ1) is 17.8. The summed E-state index contributed by atoms with van der Waals surface area (Å²) in [5.41, 5.74) is 2.36. The number of aromatic nitrogens is 5. The highest BCUT2D eigenvalue weighted by Gasteiger charge is 2.22. The SMILES string of the molecule is Cc1nn(CC(=O)Nc2nn(Cc3ccccc3Cl)cc2Br)c2nc(-c3ccccc3)cc(C(F)F)c12. The summed E-state index contributed by atoms with van der Waals surface area (Å²) in [6, 6.07) is 17.8. The Kier molecular flexibility index (Phi) is 7.03. The Morgan fingerprint density at radius 2 is 1.84 bits per heavy atom. The summed E-state index contributed by atoms with van der Waals surface area (Å²) in [6.45, 7) is 1.81. The number of pyridine rings is 1. The smallest absolute Gasteiger partial charge is 0.264 e. The maximum absolute atomic E-state index is 14.0. The second kappa shape index (κ2) is 10.4. The van der Waals surface area contributed by atoms with Gasteiger partial charge in [0.2, 0.25) is 5.91 Å². The van der Waals surface area contributed by atoms with E-state index in [9.17, 15) is 13.6 Å². The van der Waals surface area contributed by atoms with Gasteiger partial charge in [-0.3, -0.25) is 9.48 Å². The Balaban J connectivity index is 1.42. The summed E-state index contributed by atoms with van der Waals surface area (Å²) in [7, 11) is 0. The molecule has 188 valence electrons. The molecular weight excluding hydrogens is 566 g/mol. The number of carbonyl (C=O) groups is 1. The van der Waals surface area contributed by atoms with Crippen LogP contribution in [0.25, 0.3) is 22.3 Å². The molecule has 0 saturated heterocycles. The highest BCUT2D eigenvalue weighted by molar-refractivity contribution is 9.10. The third kappa shape index (κ3) is 5.26. The van der Waals surface area contributed by atoms with Crippen molar-refractivity contribution in [3.05, 3.63) is 93.2 Å². The average Bonchev–Trinajstić information content (AvgIpc) is 3.38. The lowest BCUT2D eigenvalue weighted by atomic mass is 10.1. The normalized spacial score (nSPS) is 11.4. The molecule has 37 heavy (non-hydrogen) atoms. The van der Waals surface area contributed by atoms with E-state index in [4.69, 9.17) is 11.6 Å². The molecule has 0 saturated carbocycles. The van der Waals surface area contributed by atoms with Crippen LogP contribution in [-0.2, 0) is 17.9 Å². The molecule has 0 aliphatic carbocycles. The molecule has 5 rings (SSSR count). The number of nitrogens with zero attached hydrogens (tertiary/aromatic N) is 5. The minimum atomic E-state index is -2.73. The van der Waals surface area contributed by atoms with Crippen molar-refractivity contribution in [1.82, 2.24) is 24.5 Å². The number of nitrogens with one attached hydrogen (secondary N) is 1. The molecule has 7 nitrogen and oxygen atoms in total. The number of fused-ring (bicyclic) bond motifs is 1. The first-order valence-electron chi connectivity index (χ1n) is 11.3. The van der Waals surface area contributed by atoms with E-state index in [2.05, 4.69) is 36.4 Å². The molecular formula is C26H20BrClF2N6O. The molecule has 0 bridgehead atoms. The van der Waals surface area contributed by atoms with Crippen LogP contribution in [0.1, 0.15) is 23.2 Å². The largest absolute Gasteiger partial charge is 0.307 e. The summed E-state index contributed by atoms with van der Waals surface area (Å²) in [6.07, 6.45) is -0.995. The Morgan fingerprint density at radius 1 is 1.11 bits per heavy atom. The lowest BCUT2D eigenvalue weighted by Gasteiger charge is -2.09. The fourth-order valence-electron chi connectivity index (χ4n) is 4.10. The van der Waals surface area contributed by atoms with Crippen LogP contribution in [0.3, 0.4) is 0 Å². The monoisotopic (exact) mass is 584 g/mol. The Hall–Kier alpha value is -3.63. The molecule has 0 spiro atoms. The van der Waals surface area contributed by atoms with Crippen molar-refractivity contribution in [2.45, 2.75) is 26.4 Å². The van der Waals surface area contributed by atoms with Gasteiger partial charge in [0.15, 0.2) is 11.5 Å². The number of benzene rings is 2. The van der Waals surface area contributed by atoms with Crippen molar-refractivity contribution in [1.29, 1.82) is 0 Å². The van der Waals surface area contributed by atoms with Crippen LogP contribution in [0.2, 0.25) is 5.02 Å². The highest BCUT2D eigenvalue weighted by Crippen LogP contribution is 2.33. The lowest BCUT2D eigenvalue weighted by Crippen LogP contribution is -2.20. The zero-order chi connectivity index (χ0) is 26.1. The molecule has 0 unspecified atom stereocenters. The quantitative estimate of drug-likeness (QED) is 0.232. The van der Waals surface area contributed by atoms with Gasteiger partial charge in [0.25, 0.3) is 6.43 Å². The van der Waals surface area contributed by atoms with Crippen LogP contribution in [-0.4, -0.2) is 30.5 Å². The zero-order valence-corrected chi connectivity index (χ0v) is 21.8. The second-order valence-corrected chi connectivity index (χ2v) is 9.63. The van der Waals surface area contributed by atoms with Gasteiger partial charge in [0, 0.05) is 22.3 Å². The first-order valence-corrected chi connectivity index (χ1v) is 12.4. The van der Waals surface area contributed by atoms with E-state index >= 15 is 0 Å². The minimum Gasteiger partial charge on any atom is -0.307 e. The number of rotatable bonds is 7. The second-order valence-electron chi connectivity index (χ2n) is 8.37. The van der Waals surface area contributed by atoms with Gasteiger partial charge in [-0.25, -0.2) is 18.4 Å². The maximum atomic E-state index is 14.0. The van der Waals surface area contributed by atoms with E-state index in [1.54, 1.807) is 36.0 Å². The summed E-state index contributed by atoms with van der Waals surface area (Å²) < 4.78 is 31.6. The molecule has 0 atom stereocenters. The number of hydrogen-bond donors (Lipinski definition) is 1. The minimum absolute atomic E-state index is 0.172. The van der Waals surface area contributed by atoms with Gasteiger partial charge in [-0.05, 0) is 40.5 Å². The van der Waals surface area contributed by atoms with Crippen molar-refractivity contribution in [2.75, 3.05) is 5.32 Å². The van der Waals surface area contributed by atoms with E-state index in [0.717, 1.165) is 5.56 Å². The molecule has 11 heteroatoms. The van der Waals surface area contributed by atoms with Crippen molar-refractivity contribution >= 4 is 50.3 Å². The summed E-state index contributed by atoms with van der Waals surface area (Å²) in [5, 5.41) is 12.4. The molecule has 5 aromatic rings. The molecule has 3 heterocycles. The predicted octanol–water partition coefficient (Wildman–Crippen LogP) is 6.64. The van der Waals surface area contributed by atoms with E-state index in [1.807, 2.05) is 36.4 Å². The molecule has 2 aromatic carbocycles. The summed E-state index contributed by atoms with van der Waals surface area (Å²) in [5.74, 6) is -0.116. The van der Waals surface area contributed by atoms with Gasteiger partial charge in [-0.15, -0.1) is 0 Å².